The molecule has 2 nitrogen and oxygen atoms in total. The molecule has 1 fully saturated rings. The van der Waals surface area contributed by atoms with Crippen molar-refractivity contribution in [3.63, 3.8) is 0 Å². The number of hydrogen-bond acceptors (Lipinski definition) is 3. The molecule has 14 heavy (non-hydrogen) atoms. The van der Waals surface area contributed by atoms with E-state index in [0.717, 1.165) is 11.3 Å². The van der Waals surface area contributed by atoms with Crippen LogP contribution in [-0.2, 0) is 0 Å². The molecule has 0 aromatic carbocycles. The van der Waals surface area contributed by atoms with Gasteiger partial charge in [0.1, 0.15) is 0 Å². The molecule has 0 aromatic heterocycles. The maximum atomic E-state index is 3.74. The van der Waals surface area contributed by atoms with Gasteiger partial charge in [-0.05, 0) is 46.2 Å². The third-order valence-corrected chi connectivity index (χ3v) is 4.21. The molecule has 1 rings (SSSR count). The van der Waals surface area contributed by atoms with Crippen LogP contribution in [0.2, 0.25) is 0 Å². The lowest BCUT2D eigenvalue weighted by molar-refractivity contribution is 0.347. The number of nitrogens with one attached hydrogen (secondary N) is 1. The summed E-state index contributed by atoms with van der Waals surface area (Å²) in [5.74, 6) is 1.33. The number of thioether (sulfide) groups is 1. The van der Waals surface area contributed by atoms with Gasteiger partial charge in [-0.1, -0.05) is 6.92 Å². The molecular weight excluding hydrogens is 192 g/mol. The van der Waals surface area contributed by atoms with Crippen molar-refractivity contribution in [2.45, 2.75) is 44.0 Å². The van der Waals surface area contributed by atoms with Gasteiger partial charge in [-0.2, -0.15) is 11.8 Å². The highest BCUT2D eigenvalue weighted by Gasteiger charge is 2.24. The fraction of sp³-hybridized carbons (Fsp3) is 1.00. The first-order chi connectivity index (χ1) is 6.59. The highest BCUT2D eigenvalue weighted by Crippen LogP contribution is 2.26. The Labute approximate surface area is 92.8 Å². The summed E-state index contributed by atoms with van der Waals surface area (Å²) in [5, 5.41) is 4.54. The molecule has 0 bridgehead atoms. The Balaban J connectivity index is 2.16. The molecular formula is C11H24N2S. The van der Waals surface area contributed by atoms with Crippen molar-refractivity contribution < 1.29 is 0 Å². The SMILES string of the molecule is CC(CCN(C)C)NC1CCSC1C. The Kier molecular flexibility index (Phi) is 5.28. The van der Waals surface area contributed by atoms with Crippen molar-refractivity contribution in [3.05, 3.63) is 0 Å². The molecule has 1 aliphatic rings. The minimum Gasteiger partial charge on any atom is -0.310 e. The van der Waals surface area contributed by atoms with E-state index in [1.807, 2.05) is 0 Å². The van der Waals surface area contributed by atoms with E-state index in [1.54, 1.807) is 0 Å². The molecule has 84 valence electrons. The molecule has 1 N–H and O–H groups in total. The Morgan fingerprint density at radius 1 is 1.50 bits per heavy atom. The van der Waals surface area contributed by atoms with Crippen molar-refractivity contribution in [2.75, 3.05) is 26.4 Å². The van der Waals surface area contributed by atoms with Gasteiger partial charge in [0.05, 0.1) is 0 Å². The summed E-state index contributed by atoms with van der Waals surface area (Å²) in [6.45, 7) is 5.83. The normalized spacial score (nSPS) is 29.8. The lowest BCUT2D eigenvalue weighted by atomic mass is 10.1. The molecule has 0 radical (unpaired) electrons. The molecule has 1 heterocycles. The van der Waals surface area contributed by atoms with Crippen LogP contribution in [0, 0.1) is 0 Å². The monoisotopic (exact) mass is 216 g/mol. The Bertz CT molecular complexity index is 161. The van der Waals surface area contributed by atoms with E-state index < -0.39 is 0 Å². The second kappa shape index (κ2) is 5.99. The van der Waals surface area contributed by atoms with Crippen molar-refractivity contribution in [2.24, 2.45) is 0 Å². The second-order valence-corrected chi connectivity index (χ2v) is 6.12. The largest absolute Gasteiger partial charge is 0.310 e. The van der Waals surface area contributed by atoms with Crippen molar-refractivity contribution in [1.29, 1.82) is 0 Å². The van der Waals surface area contributed by atoms with Crippen LogP contribution in [0.25, 0.3) is 0 Å². The lowest BCUT2D eigenvalue weighted by Gasteiger charge is -2.23. The molecule has 0 aliphatic carbocycles. The third-order valence-electron chi connectivity index (χ3n) is 2.88. The van der Waals surface area contributed by atoms with E-state index in [9.17, 15) is 0 Å². The van der Waals surface area contributed by atoms with Crippen LogP contribution >= 0.6 is 11.8 Å². The van der Waals surface area contributed by atoms with E-state index in [-0.39, 0.29) is 0 Å². The Hall–Kier alpha value is 0.270. The minimum absolute atomic E-state index is 0.656. The predicted molar refractivity (Wildman–Crippen MR) is 66.1 cm³/mol. The highest BCUT2D eigenvalue weighted by atomic mass is 32.2. The Morgan fingerprint density at radius 2 is 2.21 bits per heavy atom. The molecule has 3 atom stereocenters. The van der Waals surface area contributed by atoms with Gasteiger partial charge in [-0.25, -0.2) is 0 Å². The van der Waals surface area contributed by atoms with Gasteiger partial charge in [0.2, 0.25) is 0 Å². The summed E-state index contributed by atoms with van der Waals surface area (Å²) in [7, 11) is 4.28. The van der Waals surface area contributed by atoms with Gasteiger partial charge < -0.3 is 10.2 Å². The van der Waals surface area contributed by atoms with Gasteiger partial charge in [0, 0.05) is 17.3 Å². The first-order valence-corrected chi connectivity index (χ1v) is 6.67. The third kappa shape index (κ3) is 4.20. The predicted octanol–water partition coefficient (Wildman–Crippen LogP) is 1.81. The molecule has 0 amide bonds. The summed E-state index contributed by atoms with van der Waals surface area (Å²) < 4.78 is 0. The molecule has 3 heteroatoms. The van der Waals surface area contributed by atoms with Gasteiger partial charge in [0.25, 0.3) is 0 Å². The fourth-order valence-corrected chi connectivity index (χ4v) is 3.06. The summed E-state index contributed by atoms with van der Waals surface area (Å²) in [4.78, 5) is 2.25. The zero-order valence-electron chi connectivity index (χ0n) is 9.92. The molecule has 1 saturated heterocycles. The van der Waals surface area contributed by atoms with E-state index >= 15 is 0 Å². The van der Waals surface area contributed by atoms with E-state index in [1.165, 1.54) is 25.1 Å². The summed E-state index contributed by atoms with van der Waals surface area (Å²) in [6.07, 6.45) is 2.60. The van der Waals surface area contributed by atoms with Gasteiger partial charge in [0.15, 0.2) is 0 Å². The first-order valence-electron chi connectivity index (χ1n) is 5.62. The highest BCUT2D eigenvalue weighted by molar-refractivity contribution is 8.00. The first kappa shape index (κ1) is 12.3. The summed E-state index contributed by atoms with van der Waals surface area (Å²) in [6, 6.07) is 1.40. The average Bonchev–Trinajstić information content (AvgIpc) is 2.49. The van der Waals surface area contributed by atoms with Crippen molar-refractivity contribution in [1.82, 2.24) is 10.2 Å². The molecule has 1 aliphatic heterocycles. The van der Waals surface area contributed by atoms with Crippen molar-refractivity contribution in [3.8, 4) is 0 Å². The van der Waals surface area contributed by atoms with Crippen LogP contribution in [0.3, 0.4) is 0 Å². The maximum absolute atomic E-state index is 3.74. The quantitative estimate of drug-likeness (QED) is 0.754. The average molecular weight is 216 g/mol. The zero-order valence-corrected chi connectivity index (χ0v) is 10.7. The topological polar surface area (TPSA) is 15.3 Å². The van der Waals surface area contributed by atoms with E-state index in [2.05, 4.69) is 49.9 Å². The second-order valence-electron chi connectivity index (χ2n) is 4.63. The smallest absolute Gasteiger partial charge is 0.0194 e. The summed E-state index contributed by atoms with van der Waals surface area (Å²) >= 11 is 2.10. The fourth-order valence-electron chi connectivity index (χ4n) is 1.85. The minimum atomic E-state index is 0.656. The lowest BCUT2D eigenvalue weighted by Crippen LogP contribution is -2.40. The number of nitrogens with zero attached hydrogens (tertiary/aromatic N) is 1. The van der Waals surface area contributed by atoms with Crippen molar-refractivity contribution >= 4 is 11.8 Å². The van der Waals surface area contributed by atoms with Gasteiger partial charge in [-0.3, -0.25) is 0 Å². The van der Waals surface area contributed by atoms with E-state index in [4.69, 9.17) is 0 Å². The van der Waals surface area contributed by atoms with Crippen LogP contribution in [0.15, 0.2) is 0 Å². The standard InChI is InChI=1S/C11H24N2S/c1-9(5-7-13(3)4)12-11-6-8-14-10(11)2/h9-12H,5-8H2,1-4H3. The molecule has 0 saturated carbocycles. The zero-order chi connectivity index (χ0) is 10.6. The van der Waals surface area contributed by atoms with Crippen LogP contribution in [0.4, 0.5) is 0 Å². The summed E-state index contributed by atoms with van der Waals surface area (Å²) in [5.41, 5.74) is 0. The molecule has 0 aromatic rings. The van der Waals surface area contributed by atoms with Crippen LogP contribution < -0.4 is 5.32 Å². The Morgan fingerprint density at radius 3 is 2.71 bits per heavy atom. The van der Waals surface area contributed by atoms with E-state index in [0.29, 0.717) is 6.04 Å². The number of hydrogen-bond donors (Lipinski definition) is 1. The van der Waals surface area contributed by atoms with Crippen LogP contribution in [0.1, 0.15) is 26.7 Å². The van der Waals surface area contributed by atoms with Gasteiger partial charge in [-0.15, -0.1) is 0 Å². The molecule has 0 spiro atoms. The molecule has 3 unspecified atom stereocenters. The van der Waals surface area contributed by atoms with Gasteiger partial charge >= 0.3 is 0 Å². The number of rotatable bonds is 5. The van der Waals surface area contributed by atoms with Crippen LogP contribution in [-0.4, -0.2) is 48.6 Å². The van der Waals surface area contributed by atoms with Crippen LogP contribution in [0.5, 0.6) is 0 Å². The maximum Gasteiger partial charge on any atom is 0.0194 e.